The van der Waals surface area contributed by atoms with E-state index in [1.165, 1.54) is 6.07 Å². The fraction of sp³-hybridized carbons (Fsp3) is 0.333. The van der Waals surface area contributed by atoms with E-state index >= 15 is 0 Å². The lowest BCUT2D eigenvalue weighted by molar-refractivity contribution is -0.141. The summed E-state index contributed by atoms with van der Waals surface area (Å²) in [5.41, 5.74) is 0.469. The van der Waals surface area contributed by atoms with Crippen molar-refractivity contribution in [3.8, 4) is 0 Å². The number of amides is 1. The molecule has 2 N–H and O–H groups in total. The Kier molecular flexibility index (Phi) is 4.86. The highest BCUT2D eigenvalue weighted by atomic mass is 32.2. The van der Waals surface area contributed by atoms with Crippen molar-refractivity contribution in [3.63, 3.8) is 0 Å². The minimum absolute atomic E-state index is 0.0208. The van der Waals surface area contributed by atoms with Crippen LogP contribution in [0.15, 0.2) is 41.3 Å². The molecule has 2 aromatic carbocycles. The topological polar surface area (TPSA) is 104 Å². The SMILES string of the molecule is CCCC(CNC(=O)CN1c2cccc3cccc(c23)S1(=O)=O)C(=O)O. The largest absolute Gasteiger partial charge is 0.481 e. The van der Waals surface area contributed by atoms with Crippen LogP contribution in [-0.4, -0.2) is 38.5 Å². The molecule has 1 heterocycles. The van der Waals surface area contributed by atoms with Gasteiger partial charge in [0.15, 0.2) is 0 Å². The maximum Gasteiger partial charge on any atom is 0.308 e. The van der Waals surface area contributed by atoms with Gasteiger partial charge in [-0.3, -0.25) is 13.9 Å². The molecule has 0 spiro atoms. The average molecular weight is 376 g/mol. The van der Waals surface area contributed by atoms with Crippen LogP contribution in [0.2, 0.25) is 0 Å². The molecule has 1 unspecified atom stereocenters. The fourth-order valence-electron chi connectivity index (χ4n) is 3.21. The Balaban J connectivity index is 1.80. The predicted molar refractivity (Wildman–Crippen MR) is 97.5 cm³/mol. The van der Waals surface area contributed by atoms with Gasteiger partial charge in [-0.2, -0.15) is 0 Å². The van der Waals surface area contributed by atoms with Gasteiger partial charge < -0.3 is 10.4 Å². The highest BCUT2D eigenvalue weighted by Gasteiger charge is 2.36. The third kappa shape index (κ3) is 3.12. The molecule has 1 aliphatic heterocycles. The number of aliphatic carboxylic acids is 1. The summed E-state index contributed by atoms with van der Waals surface area (Å²) < 4.78 is 26.7. The van der Waals surface area contributed by atoms with Gasteiger partial charge in [-0.25, -0.2) is 8.42 Å². The maximum absolute atomic E-state index is 12.8. The second-order valence-corrected chi connectivity index (χ2v) is 8.10. The highest BCUT2D eigenvalue weighted by molar-refractivity contribution is 7.93. The molecular formula is C18H20N2O5S. The molecule has 0 aromatic heterocycles. The van der Waals surface area contributed by atoms with E-state index < -0.39 is 27.8 Å². The van der Waals surface area contributed by atoms with Gasteiger partial charge in [-0.05, 0) is 23.9 Å². The van der Waals surface area contributed by atoms with Crippen molar-refractivity contribution in [1.29, 1.82) is 0 Å². The lowest BCUT2D eigenvalue weighted by Crippen LogP contribution is -2.41. The zero-order valence-corrected chi connectivity index (χ0v) is 15.1. The number of carboxylic acid groups (broad SMARTS) is 1. The molecule has 8 heteroatoms. The summed E-state index contributed by atoms with van der Waals surface area (Å²) in [6, 6.07) is 10.3. The number of anilines is 1. The summed E-state index contributed by atoms with van der Waals surface area (Å²) in [5.74, 6) is -2.18. The van der Waals surface area contributed by atoms with E-state index in [2.05, 4.69) is 5.32 Å². The number of rotatable bonds is 7. The first-order valence-corrected chi connectivity index (χ1v) is 9.84. The molecule has 1 amide bonds. The molecule has 0 saturated heterocycles. The van der Waals surface area contributed by atoms with Crippen LogP contribution in [-0.2, 0) is 19.6 Å². The van der Waals surface area contributed by atoms with Gasteiger partial charge in [-0.15, -0.1) is 0 Å². The Hall–Kier alpha value is -2.61. The van der Waals surface area contributed by atoms with Crippen LogP contribution in [0.3, 0.4) is 0 Å². The van der Waals surface area contributed by atoms with Crippen LogP contribution in [0.25, 0.3) is 10.8 Å². The first-order valence-electron chi connectivity index (χ1n) is 8.40. The number of carbonyl (C=O) groups excluding carboxylic acids is 1. The van der Waals surface area contributed by atoms with E-state index in [1.54, 1.807) is 18.2 Å². The van der Waals surface area contributed by atoms with Crippen molar-refractivity contribution in [2.75, 3.05) is 17.4 Å². The molecule has 138 valence electrons. The third-order valence-corrected chi connectivity index (χ3v) is 6.30. The quantitative estimate of drug-likeness (QED) is 0.769. The summed E-state index contributed by atoms with van der Waals surface area (Å²) in [7, 11) is -3.80. The summed E-state index contributed by atoms with van der Waals surface area (Å²) in [6.45, 7) is 1.47. The number of nitrogens with one attached hydrogen (secondary N) is 1. The highest BCUT2D eigenvalue weighted by Crippen LogP contribution is 2.41. The van der Waals surface area contributed by atoms with Crippen LogP contribution >= 0.6 is 0 Å². The Bertz CT molecular complexity index is 965. The van der Waals surface area contributed by atoms with Crippen LogP contribution < -0.4 is 9.62 Å². The summed E-state index contributed by atoms with van der Waals surface area (Å²) in [6.07, 6.45) is 1.13. The van der Waals surface area contributed by atoms with E-state index in [0.717, 1.165) is 9.69 Å². The van der Waals surface area contributed by atoms with Crippen molar-refractivity contribution >= 4 is 38.4 Å². The molecule has 1 aliphatic rings. The Morgan fingerprint density at radius 3 is 2.54 bits per heavy atom. The predicted octanol–water partition coefficient (Wildman–Crippen LogP) is 1.97. The smallest absolute Gasteiger partial charge is 0.308 e. The van der Waals surface area contributed by atoms with E-state index in [9.17, 15) is 18.0 Å². The van der Waals surface area contributed by atoms with E-state index in [0.29, 0.717) is 23.9 Å². The fourth-order valence-corrected chi connectivity index (χ4v) is 4.88. The second-order valence-electron chi connectivity index (χ2n) is 6.27. The second kappa shape index (κ2) is 6.95. The van der Waals surface area contributed by atoms with Gasteiger partial charge in [0.25, 0.3) is 10.0 Å². The number of nitrogens with zero attached hydrogens (tertiary/aromatic N) is 1. The molecule has 1 atom stereocenters. The summed E-state index contributed by atoms with van der Waals surface area (Å²) >= 11 is 0. The normalized spacial score (nSPS) is 15.8. The zero-order valence-electron chi connectivity index (χ0n) is 14.3. The van der Waals surface area contributed by atoms with Gasteiger partial charge in [0.05, 0.1) is 16.5 Å². The molecular weight excluding hydrogens is 356 g/mol. The first-order chi connectivity index (χ1) is 12.4. The molecule has 7 nitrogen and oxygen atoms in total. The Labute approximate surface area is 151 Å². The van der Waals surface area contributed by atoms with Gasteiger partial charge in [0.2, 0.25) is 5.91 Å². The van der Waals surface area contributed by atoms with Gasteiger partial charge in [0, 0.05) is 11.9 Å². The first kappa shape index (κ1) is 18.2. The summed E-state index contributed by atoms with van der Waals surface area (Å²) in [5, 5.41) is 13.1. The Morgan fingerprint density at radius 1 is 1.19 bits per heavy atom. The number of carbonyl (C=O) groups is 2. The van der Waals surface area contributed by atoms with Crippen molar-refractivity contribution in [2.24, 2.45) is 5.92 Å². The summed E-state index contributed by atoms with van der Waals surface area (Å²) in [4.78, 5) is 23.6. The average Bonchev–Trinajstić information content (AvgIpc) is 2.82. The number of hydrogen-bond acceptors (Lipinski definition) is 4. The van der Waals surface area contributed by atoms with Crippen LogP contribution in [0, 0.1) is 5.92 Å². The lowest BCUT2D eigenvalue weighted by Gasteiger charge is -2.19. The van der Waals surface area contributed by atoms with Crippen molar-refractivity contribution < 1.29 is 23.1 Å². The number of hydrogen-bond donors (Lipinski definition) is 2. The van der Waals surface area contributed by atoms with E-state index in [-0.39, 0.29) is 18.0 Å². The van der Waals surface area contributed by atoms with Gasteiger partial charge in [-0.1, -0.05) is 37.6 Å². The number of sulfonamides is 1. The van der Waals surface area contributed by atoms with Crippen LogP contribution in [0.5, 0.6) is 0 Å². The van der Waals surface area contributed by atoms with Gasteiger partial charge >= 0.3 is 5.97 Å². The van der Waals surface area contributed by atoms with E-state index in [1.807, 2.05) is 19.1 Å². The number of benzene rings is 2. The zero-order chi connectivity index (χ0) is 18.9. The molecule has 0 saturated carbocycles. The van der Waals surface area contributed by atoms with E-state index in [4.69, 9.17) is 5.11 Å². The Morgan fingerprint density at radius 2 is 1.88 bits per heavy atom. The molecule has 3 rings (SSSR count). The monoisotopic (exact) mass is 376 g/mol. The van der Waals surface area contributed by atoms with Crippen LogP contribution in [0.1, 0.15) is 19.8 Å². The van der Waals surface area contributed by atoms with Crippen LogP contribution in [0.4, 0.5) is 5.69 Å². The van der Waals surface area contributed by atoms with Crippen molar-refractivity contribution in [1.82, 2.24) is 5.32 Å². The van der Waals surface area contributed by atoms with Gasteiger partial charge in [0.1, 0.15) is 6.54 Å². The number of carboxylic acids is 1. The minimum Gasteiger partial charge on any atom is -0.481 e. The molecule has 0 bridgehead atoms. The standard InChI is InChI=1S/C18H20N2O5S/c1-2-5-13(18(22)23)10-19-16(21)11-20-14-8-3-6-12-7-4-9-15(17(12)14)26(20,24)25/h3-4,6-9,13H,2,5,10-11H2,1H3,(H,19,21)(H,22,23). The lowest BCUT2D eigenvalue weighted by atomic mass is 10.0. The molecule has 26 heavy (non-hydrogen) atoms. The van der Waals surface area contributed by atoms with Crippen molar-refractivity contribution in [2.45, 2.75) is 24.7 Å². The van der Waals surface area contributed by atoms with Crippen molar-refractivity contribution in [3.05, 3.63) is 36.4 Å². The third-order valence-electron chi connectivity index (χ3n) is 4.50. The minimum atomic E-state index is -3.80. The molecule has 0 aliphatic carbocycles. The molecule has 0 radical (unpaired) electrons. The maximum atomic E-state index is 12.8. The molecule has 0 fully saturated rings. The molecule has 2 aromatic rings.